The maximum absolute atomic E-state index is 7.93. The summed E-state index contributed by atoms with van der Waals surface area (Å²) in [5.41, 5.74) is 0. The summed E-state index contributed by atoms with van der Waals surface area (Å²) in [5, 5.41) is 7.93. The second kappa shape index (κ2) is 8.48. The molecule has 0 aliphatic heterocycles. The van der Waals surface area contributed by atoms with E-state index in [1.54, 1.807) is 0 Å². The van der Waals surface area contributed by atoms with Gasteiger partial charge < -0.3 is 0 Å². The van der Waals surface area contributed by atoms with Gasteiger partial charge in [0.25, 0.3) is 0 Å². The third kappa shape index (κ3) is 7.48. The standard InChI is InChI=1S/C8H13O2/c1-2-3-4-5-6-7-8-10-9/h9H,3-8H2. The Morgan fingerprint density at radius 1 is 1.20 bits per heavy atom. The van der Waals surface area contributed by atoms with Gasteiger partial charge in [0.15, 0.2) is 0 Å². The fourth-order valence-corrected chi connectivity index (χ4v) is 0.734. The molecule has 1 radical (unpaired) electrons. The maximum atomic E-state index is 7.93. The summed E-state index contributed by atoms with van der Waals surface area (Å²) in [6.45, 7) is 0.425. The Labute approximate surface area is 62.1 Å². The molecule has 0 bridgehead atoms. The van der Waals surface area contributed by atoms with Crippen LogP contribution >= 0.6 is 0 Å². The summed E-state index contributed by atoms with van der Waals surface area (Å²) in [6.07, 6.45) is 11.4. The normalized spacial score (nSPS) is 9.20. The lowest BCUT2D eigenvalue weighted by Crippen LogP contribution is -1.88. The Morgan fingerprint density at radius 3 is 2.50 bits per heavy atom. The van der Waals surface area contributed by atoms with Crippen LogP contribution in [0.3, 0.4) is 0 Å². The molecule has 0 saturated heterocycles. The van der Waals surface area contributed by atoms with E-state index in [1.165, 1.54) is 0 Å². The van der Waals surface area contributed by atoms with Crippen LogP contribution in [0.1, 0.15) is 32.1 Å². The quantitative estimate of drug-likeness (QED) is 0.265. The molecule has 0 unspecified atom stereocenters. The van der Waals surface area contributed by atoms with Crippen LogP contribution in [0.2, 0.25) is 0 Å². The molecule has 0 aliphatic rings. The van der Waals surface area contributed by atoms with Gasteiger partial charge in [0.1, 0.15) is 0 Å². The van der Waals surface area contributed by atoms with Crippen LogP contribution in [-0.4, -0.2) is 11.9 Å². The first-order valence-corrected chi connectivity index (χ1v) is 3.57. The molecular formula is C8H13O2. The average molecular weight is 141 g/mol. The smallest absolute Gasteiger partial charge is 0.0819 e. The van der Waals surface area contributed by atoms with E-state index < -0.39 is 0 Å². The summed E-state index contributed by atoms with van der Waals surface area (Å²) < 4.78 is 0. The minimum atomic E-state index is 0.425. The van der Waals surface area contributed by atoms with E-state index in [4.69, 9.17) is 11.7 Å². The van der Waals surface area contributed by atoms with Crippen molar-refractivity contribution in [1.29, 1.82) is 0 Å². The van der Waals surface area contributed by atoms with Gasteiger partial charge in [0.2, 0.25) is 0 Å². The molecule has 0 rings (SSSR count). The molecule has 10 heavy (non-hydrogen) atoms. The highest BCUT2D eigenvalue weighted by Crippen LogP contribution is 2.01. The lowest BCUT2D eigenvalue weighted by Gasteiger charge is -1.95. The van der Waals surface area contributed by atoms with Crippen LogP contribution in [0, 0.1) is 12.3 Å². The van der Waals surface area contributed by atoms with Crippen molar-refractivity contribution in [2.24, 2.45) is 0 Å². The van der Waals surface area contributed by atoms with Crippen molar-refractivity contribution in [3.8, 4) is 5.92 Å². The van der Waals surface area contributed by atoms with Crippen LogP contribution in [0.15, 0.2) is 0 Å². The predicted octanol–water partition coefficient (Wildman–Crippen LogP) is 2.02. The van der Waals surface area contributed by atoms with Crippen molar-refractivity contribution < 1.29 is 10.1 Å². The molecule has 0 spiro atoms. The van der Waals surface area contributed by atoms with Crippen molar-refractivity contribution in [1.82, 2.24) is 0 Å². The Bertz CT molecular complexity index is 93.9. The van der Waals surface area contributed by atoms with Gasteiger partial charge in [-0.15, -0.1) is 0 Å². The lowest BCUT2D eigenvalue weighted by molar-refractivity contribution is -0.242. The van der Waals surface area contributed by atoms with Gasteiger partial charge in [-0.2, -0.15) is 0 Å². The molecule has 0 amide bonds. The van der Waals surface area contributed by atoms with Gasteiger partial charge in [0.05, 0.1) is 6.61 Å². The molecule has 2 heteroatoms. The molecule has 0 aromatic rings. The molecule has 0 aromatic heterocycles. The summed E-state index contributed by atoms with van der Waals surface area (Å²) in [5.74, 6) is 2.33. The summed E-state index contributed by atoms with van der Waals surface area (Å²) in [7, 11) is 0. The van der Waals surface area contributed by atoms with E-state index in [9.17, 15) is 0 Å². The number of hydrogen-bond donors (Lipinski definition) is 1. The topological polar surface area (TPSA) is 29.5 Å². The third-order valence-corrected chi connectivity index (χ3v) is 1.29. The second-order valence-electron chi connectivity index (χ2n) is 2.17. The van der Waals surface area contributed by atoms with Crippen LogP contribution in [-0.2, 0) is 4.89 Å². The Morgan fingerprint density at radius 2 is 1.90 bits per heavy atom. The molecule has 0 atom stereocenters. The zero-order valence-corrected chi connectivity index (χ0v) is 6.10. The van der Waals surface area contributed by atoms with E-state index in [1.807, 2.05) is 0 Å². The van der Waals surface area contributed by atoms with E-state index in [0.717, 1.165) is 32.1 Å². The van der Waals surface area contributed by atoms with E-state index in [2.05, 4.69) is 10.8 Å². The molecule has 57 valence electrons. The summed E-state index contributed by atoms with van der Waals surface area (Å²) >= 11 is 0. The van der Waals surface area contributed by atoms with Gasteiger partial charge in [-0.3, -0.25) is 5.26 Å². The van der Waals surface area contributed by atoms with Crippen molar-refractivity contribution in [2.75, 3.05) is 6.61 Å². The van der Waals surface area contributed by atoms with Gasteiger partial charge >= 0.3 is 0 Å². The van der Waals surface area contributed by atoms with E-state index in [-0.39, 0.29) is 0 Å². The Hall–Kier alpha value is -0.520. The molecule has 0 aliphatic carbocycles. The molecule has 0 saturated carbocycles. The average Bonchev–Trinajstić information content (AvgIpc) is 1.97. The molecule has 0 aromatic carbocycles. The van der Waals surface area contributed by atoms with Crippen LogP contribution < -0.4 is 0 Å². The zero-order valence-electron chi connectivity index (χ0n) is 6.10. The first-order valence-electron chi connectivity index (χ1n) is 3.57. The number of hydrogen-bond acceptors (Lipinski definition) is 2. The molecular weight excluding hydrogens is 128 g/mol. The largest absolute Gasteiger partial charge is 0.252 e. The maximum Gasteiger partial charge on any atom is 0.0819 e. The number of rotatable bonds is 6. The monoisotopic (exact) mass is 141 g/mol. The highest BCUT2D eigenvalue weighted by molar-refractivity contribution is 4.74. The highest BCUT2D eigenvalue weighted by atomic mass is 17.1. The van der Waals surface area contributed by atoms with Crippen molar-refractivity contribution in [2.45, 2.75) is 32.1 Å². The SMILES string of the molecule is [C]#CCCCCCCOO. The predicted molar refractivity (Wildman–Crippen MR) is 38.8 cm³/mol. The summed E-state index contributed by atoms with van der Waals surface area (Å²) in [4.78, 5) is 3.90. The van der Waals surface area contributed by atoms with E-state index in [0.29, 0.717) is 6.61 Å². The Balaban J connectivity index is 2.72. The second-order valence-corrected chi connectivity index (χ2v) is 2.17. The van der Waals surface area contributed by atoms with Crippen LogP contribution in [0.25, 0.3) is 0 Å². The fraction of sp³-hybridized carbons (Fsp3) is 0.750. The molecule has 0 heterocycles. The first kappa shape index (κ1) is 9.48. The highest BCUT2D eigenvalue weighted by Gasteiger charge is 1.87. The van der Waals surface area contributed by atoms with Crippen LogP contribution in [0.5, 0.6) is 0 Å². The van der Waals surface area contributed by atoms with Gasteiger partial charge in [-0.25, -0.2) is 4.89 Å². The lowest BCUT2D eigenvalue weighted by atomic mass is 10.1. The summed E-state index contributed by atoms with van der Waals surface area (Å²) in [6, 6.07) is 0. The van der Waals surface area contributed by atoms with E-state index >= 15 is 0 Å². The van der Waals surface area contributed by atoms with Crippen LogP contribution in [0.4, 0.5) is 0 Å². The number of unbranched alkanes of at least 4 members (excludes halogenated alkanes) is 4. The first-order chi connectivity index (χ1) is 4.91. The molecule has 2 nitrogen and oxygen atoms in total. The molecule has 1 N–H and O–H groups in total. The van der Waals surface area contributed by atoms with Gasteiger partial charge in [-0.1, -0.05) is 18.8 Å². The van der Waals surface area contributed by atoms with Crippen molar-refractivity contribution in [3.05, 3.63) is 6.42 Å². The van der Waals surface area contributed by atoms with Crippen molar-refractivity contribution in [3.63, 3.8) is 0 Å². The minimum absolute atomic E-state index is 0.425. The molecule has 0 fully saturated rings. The van der Waals surface area contributed by atoms with Gasteiger partial charge in [0, 0.05) is 6.42 Å². The minimum Gasteiger partial charge on any atom is -0.252 e. The van der Waals surface area contributed by atoms with Gasteiger partial charge in [-0.05, 0) is 19.3 Å². The Kier molecular flexibility index (Phi) is 8.04. The fourth-order valence-electron chi connectivity index (χ4n) is 0.734. The van der Waals surface area contributed by atoms with Crippen molar-refractivity contribution >= 4 is 0 Å². The zero-order chi connectivity index (χ0) is 7.66. The third-order valence-electron chi connectivity index (χ3n) is 1.29.